The molecule has 11 heteroatoms. The summed E-state index contributed by atoms with van der Waals surface area (Å²) < 4.78 is 5.66. The molecule has 188 valence electrons. The van der Waals surface area contributed by atoms with E-state index in [1.807, 2.05) is 13.8 Å². The van der Waals surface area contributed by atoms with E-state index in [1.165, 1.54) is 7.05 Å². The molecule has 2 saturated heterocycles. The fourth-order valence-electron chi connectivity index (χ4n) is 5.41. The van der Waals surface area contributed by atoms with Gasteiger partial charge in [-0.25, -0.2) is 14.5 Å². The minimum absolute atomic E-state index is 0.0632. The molecule has 2 unspecified atom stereocenters. The highest BCUT2D eigenvalue weighted by atomic mass is 16.6. The van der Waals surface area contributed by atoms with Crippen LogP contribution in [0, 0.1) is 6.92 Å². The lowest BCUT2D eigenvalue weighted by Gasteiger charge is -2.29. The summed E-state index contributed by atoms with van der Waals surface area (Å²) in [5.41, 5.74) is 1.99. The molecule has 5 rings (SSSR count). The van der Waals surface area contributed by atoms with E-state index < -0.39 is 24.1 Å². The Morgan fingerprint density at radius 1 is 1.19 bits per heavy atom. The van der Waals surface area contributed by atoms with E-state index in [-0.39, 0.29) is 30.4 Å². The van der Waals surface area contributed by atoms with Crippen LogP contribution in [-0.2, 0) is 26.3 Å². The van der Waals surface area contributed by atoms with Gasteiger partial charge < -0.3 is 20.3 Å². The van der Waals surface area contributed by atoms with Crippen molar-refractivity contribution < 1.29 is 23.9 Å². The van der Waals surface area contributed by atoms with Gasteiger partial charge in [0.2, 0.25) is 11.5 Å². The number of amides is 5. The van der Waals surface area contributed by atoms with Gasteiger partial charge in [0.25, 0.3) is 5.91 Å². The third-order valence-corrected chi connectivity index (χ3v) is 7.24. The Hall–Kier alpha value is -4.02. The molecular formula is C25H28N6O5. The summed E-state index contributed by atoms with van der Waals surface area (Å²) >= 11 is 0. The van der Waals surface area contributed by atoms with Crippen LogP contribution in [0.5, 0.6) is 0 Å². The average molecular weight is 493 g/mol. The summed E-state index contributed by atoms with van der Waals surface area (Å²) in [6.07, 6.45) is 4.80. The van der Waals surface area contributed by atoms with Crippen molar-refractivity contribution in [2.75, 3.05) is 18.9 Å². The van der Waals surface area contributed by atoms with Crippen molar-refractivity contribution in [1.29, 1.82) is 0 Å². The fourth-order valence-corrected chi connectivity index (χ4v) is 5.41. The van der Waals surface area contributed by atoms with E-state index in [9.17, 15) is 19.2 Å². The molecule has 1 aromatic carbocycles. The van der Waals surface area contributed by atoms with Crippen LogP contribution in [0.3, 0.4) is 0 Å². The Labute approximate surface area is 208 Å². The van der Waals surface area contributed by atoms with Crippen molar-refractivity contribution in [3.63, 3.8) is 0 Å². The standard InChI is InChI=1S/C25H28N6O5/c1-14-11-28-19(12-27-14)20-7-4-15(2)31(20)21(32)13-30-22(33)25(36-24(30)35)9-8-16-10-17(5-6-18(16)25)29-23(34)26-3/h5-6,10-12,15,20H,4,7-9,13H2,1-3H3,(H2,26,29,34)/t15?,20?,25-/m1/s1. The topological polar surface area (TPSA) is 134 Å². The molecule has 2 fully saturated rings. The predicted octanol–water partition coefficient (Wildman–Crippen LogP) is 2.41. The molecule has 3 aliphatic rings. The maximum atomic E-state index is 13.5. The largest absolute Gasteiger partial charge is 0.427 e. The molecule has 2 aliphatic heterocycles. The summed E-state index contributed by atoms with van der Waals surface area (Å²) in [7, 11) is 1.52. The zero-order valence-electron chi connectivity index (χ0n) is 20.4. The number of aromatic nitrogens is 2. The number of imide groups is 1. The number of urea groups is 1. The van der Waals surface area contributed by atoms with E-state index in [0.29, 0.717) is 23.4 Å². The van der Waals surface area contributed by atoms with E-state index in [4.69, 9.17) is 4.74 Å². The van der Waals surface area contributed by atoms with Crippen LogP contribution >= 0.6 is 0 Å². The predicted molar refractivity (Wildman–Crippen MR) is 128 cm³/mol. The number of hydrogen-bond donors (Lipinski definition) is 2. The molecular weight excluding hydrogens is 464 g/mol. The van der Waals surface area contributed by atoms with Gasteiger partial charge >= 0.3 is 12.1 Å². The molecule has 36 heavy (non-hydrogen) atoms. The second-order valence-electron chi connectivity index (χ2n) is 9.49. The van der Waals surface area contributed by atoms with E-state index in [2.05, 4.69) is 20.6 Å². The lowest BCUT2D eigenvalue weighted by molar-refractivity contribution is -0.143. The first kappa shape index (κ1) is 23.7. The third kappa shape index (κ3) is 3.84. The average Bonchev–Trinajstić information content (AvgIpc) is 3.49. The van der Waals surface area contributed by atoms with Crippen molar-refractivity contribution in [2.45, 2.75) is 57.2 Å². The van der Waals surface area contributed by atoms with Gasteiger partial charge in [-0.15, -0.1) is 0 Å². The number of hydrogen-bond acceptors (Lipinski definition) is 7. The summed E-state index contributed by atoms with van der Waals surface area (Å²) in [6.45, 7) is 3.39. The second-order valence-corrected chi connectivity index (χ2v) is 9.49. The number of carbonyl (C=O) groups excluding carboxylic acids is 4. The maximum Gasteiger partial charge on any atom is 0.418 e. The minimum atomic E-state index is -1.45. The van der Waals surface area contributed by atoms with Crippen LogP contribution < -0.4 is 10.6 Å². The first-order chi connectivity index (χ1) is 17.2. The highest BCUT2D eigenvalue weighted by molar-refractivity contribution is 6.06. The highest BCUT2D eigenvalue weighted by Gasteiger charge is 2.58. The van der Waals surface area contributed by atoms with Crippen molar-refractivity contribution >= 4 is 29.6 Å². The van der Waals surface area contributed by atoms with Crippen LogP contribution in [-0.4, -0.2) is 63.3 Å². The number of ether oxygens (including phenoxy) is 1. The maximum absolute atomic E-state index is 13.5. The van der Waals surface area contributed by atoms with Gasteiger partial charge in [0.05, 0.1) is 23.6 Å². The second kappa shape index (κ2) is 8.89. The smallest absolute Gasteiger partial charge is 0.418 e. The lowest BCUT2D eigenvalue weighted by Crippen LogP contribution is -2.46. The number of aryl methyl sites for hydroxylation is 2. The fraction of sp³-hybridized carbons (Fsp3) is 0.440. The third-order valence-electron chi connectivity index (χ3n) is 7.24. The van der Waals surface area contributed by atoms with Crippen LogP contribution in [0.2, 0.25) is 0 Å². The van der Waals surface area contributed by atoms with E-state index in [1.54, 1.807) is 35.5 Å². The summed E-state index contributed by atoms with van der Waals surface area (Å²) in [5, 5.41) is 5.18. The molecule has 1 spiro atoms. The Morgan fingerprint density at radius 2 is 2.00 bits per heavy atom. The van der Waals surface area contributed by atoms with Crippen molar-refractivity contribution in [3.05, 3.63) is 53.1 Å². The molecule has 2 aromatic rings. The van der Waals surface area contributed by atoms with Gasteiger partial charge in [-0.3, -0.25) is 19.6 Å². The van der Waals surface area contributed by atoms with Crippen LogP contribution in [0.4, 0.5) is 15.3 Å². The molecule has 2 N–H and O–H groups in total. The van der Waals surface area contributed by atoms with Crippen molar-refractivity contribution in [2.24, 2.45) is 0 Å². The Balaban J connectivity index is 1.35. The minimum Gasteiger partial charge on any atom is -0.427 e. The van der Waals surface area contributed by atoms with Gasteiger partial charge in [-0.05, 0) is 50.8 Å². The van der Waals surface area contributed by atoms with E-state index in [0.717, 1.165) is 29.0 Å². The summed E-state index contributed by atoms with van der Waals surface area (Å²) in [5.74, 6) is -0.872. The first-order valence-corrected chi connectivity index (χ1v) is 12.0. The summed E-state index contributed by atoms with van der Waals surface area (Å²) in [6, 6.07) is 4.44. The number of nitrogens with zero attached hydrogens (tertiary/aromatic N) is 4. The molecule has 11 nitrogen and oxygen atoms in total. The van der Waals surface area contributed by atoms with Crippen LogP contribution in [0.15, 0.2) is 30.6 Å². The quantitative estimate of drug-likeness (QED) is 0.669. The molecule has 0 radical (unpaired) electrons. The number of benzene rings is 1. The molecule has 1 aromatic heterocycles. The van der Waals surface area contributed by atoms with Gasteiger partial charge in [0.1, 0.15) is 6.54 Å². The molecule has 3 heterocycles. The number of fused-ring (bicyclic) bond motifs is 2. The van der Waals surface area contributed by atoms with Gasteiger partial charge in [0, 0.05) is 37.0 Å². The monoisotopic (exact) mass is 492 g/mol. The summed E-state index contributed by atoms with van der Waals surface area (Å²) in [4.78, 5) is 62.8. The Bertz CT molecular complexity index is 1250. The Kier molecular flexibility index (Phi) is 5.85. The normalized spacial score (nSPS) is 24.8. The zero-order valence-corrected chi connectivity index (χ0v) is 20.4. The number of likely N-dealkylation sites (tertiary alicyclic amines) is 1. The van der Waals surface area contributed by atoms with E-state index >= 15 is 0 Å². The molecule has 0 saturated carbocycles. The van der Waals surface area contributed by atoms with Gasteiger partial charge in [0.15, 0.2) is 0 Å². The van der Waals surface area contributed by atoms with Crippen LogP contribution in [0.25, 0.3) is 0 Å². The number of rotatable bonds is 4. The molecule has 0 bridgehead atoms. The van der Waals surface area contributed by atoms with Crippen molar-refractivity contribution in [3.8, 4) is 0 Å². The first-order valence-electron chi connectivity index (χ1n) is 12.0. The highest BCUT2D eigenvalue weighted by Crippen LogP contribution is 2.46. The zero-order chi connectivity index (χ0) is 25.6. The number of carbonyl (C=O) groups is 4. The molecule has 1 aliphatic carbocycles. The number of nitrogens with one attached hydrogen (secondary N) is 2. The van der Waals surface area contributed by atoms with Crippen LogP contribution in [0.1, 0.15) is 54.7 Å². The van der Waals surface area contributed by atoms with Gasteiger partial charge in [-0.1, -0.05) is 6.07 Å². The molecule has 3 atom stereocenters. The van der Waals surface area contributed by atoms with Gasteiger partial charge in [-0.2, -0.15) is 0 Å². The Morgan fingerprint density at radius 3 is 2.72 bits per heavy atom. The number of anilines is 1. The molecule has 5 amide bonds. The lowest BCUT2D eigenvalue weighted by atomic mass is 9.94. The SMILES string of the molecule is CNC(=O)Nc1ccc2c(c1)CC[C@@]21OC(=O)N(CC(=O)N2C(C)CCC2c2cnc(C)cn2)C1=O. The van der Waals surface area contributed by atoms with Crippen molar-refractivity contribution in [1.82, 2.24) is 25.1 Å².